The average Bonchev–Trinajstić information content (AvgIpc) is 2.43. The largest absolute Gasteiger partial charge is 0.453 e. The molecule has 1 aliphatic heterocycles. The molecule has 1 heterocycles. The standard InChI is InChI=1S/C18H23NOSi/c1-18(2,3)21(4,5)19-14-10-6-8-12-16(14)20-17-13-9-7-11-15(17)19/h6-13H,1-5H3. The van der Waals surface area contributed by atoms with Gasteiger partial charge in [0.05, 0.1) is 11.4 Å². The third-order valence-corrected chi connectivity index (χ3v) is 10.1. The fraction of sp³-hybridized carbons (Fsp3) is 0.333. The highest BCUT2D eigenvalue weighted by atomic mass is 28.3. The first-order valence-corrected chi connectivity index (χ1v) is 10.4. The number of nitrogens with zero attached hydrogens (tertiary/aromatic N) is 1. The maximum Gasteiger partial charge on any atom is 0.162 e. The maximum absolute atomic E-state index is 6.10. The molecule has 0 amide bonds. The lowest BCUT2D eigenvalue weighted by Gasteiger charge is -2.49. The van der Waals surface area contributed by atoms with Gasteiger partial charge in [-0.3, -0.25) is 0 Å². The van der Waals surface area contributed by atoms with Crippen molar-refractivity contribution in [1.82, 2.24) is 0 Å². The molecule has 0 N–H and O–H groups in total. The SMILES string of the molecule is CC(C)(C)[Si](C)(C)N1c2ccccc2Oc2ccccc21. The fourth-order valence-corrected chi connectivity index (χ4v) is 4.89. The smallest absolute Gasteiger partial charge is 0.162 e. The first-order valence-electron chi connectivity index (χ1n) is 7.48. The summed E-state index contributed by atoms with van der Waals surface area (Å²) in [6, 6.07) is 16.7. The molecule has 2 aromatic carbocycles. The quantitative estimate of drug-likeness (QED) is 0.604. The van der Waals surface area contributed by atoms with E-state index >= 15 is 0 Å². The van der Waals surface area contributed by atoms with Gasteiger partial charge in [0.1, 0.15) is 11.5 Å². The number of benzene rings is 2. The van der Waals surface area contributed by atoms with Crippen LogP contribution in [0.1, 0.15) is 20.8 Å². The molecule has 0 aromatic heterocycles. The van der Waals surface area contributed by atoms with Crippen LogP contribution >= 0.6 is 0 Å². The molecule has 0 unspecified atom stereocenters. The zero-order chi connectivity index (χ0) is 15.3. The predicted molar refractivity (Wildman–Crippen MR) is 92.3 cm³/mol. The molecular weight excluding hydrogens is 274 g/mol. The van der Waals surface area contributed by atoms with Gasteiger partial charge >= 0.3 is 0 Å². The Hall–Kier alpha value is -1.74. The van der Waals surface area contributed by atoms with E-state index in [4.69, 9.17) is 4.74 Å². The van der Waals surface area contributed by atoms with Crippen molar-refractivity contribution in [2.75, 3.05) is 4.57 Å². The molecule has 0 bridgehead atoms. The summed E-state index contributed by atoms with van der Waals surface area (Å²) in [5, 5.41) is 0.255. The molecule has 1 aliphatic rings. The Bertz CT molecular complexity index is 627. The van der Waals surface area contributed by atoms with Gasteiger partial charge in [-0.15, -0.1) is 0 Å². The Labute approximate surface area is 128 Å². The van der Waals surface area contributed by atoms with E-state index in [9.17, 15) is 0 Å². The summed E-state index contributed by atoms with van der Waals surface area (Å²) in [7, 11) is -1.75. The molecule has 3 heteroatoms. The van der Waals surface area contributed by atoms with Crippen LogP contribution < -0.4 is 9.30 Å². The molecule has 2 nitrogen and oxygen atoms in total. The predicted octanol–water partition coefficient (Wildman–Crippen LogP) is 5.94. The number of ether oxygens (including phenoxy) is 1. The summed E-state index contributed by atoms with van der Waals surface area (Å²) in [6.07, 6.45) is 0. The van der Waals surface area contributed by atoms with Crippen LogP contribution in [-0.4, -0.2) is 8.24 Å². The van der Waals surface area contributed by atoms with Crippen molar-refractivity contribution in [2.24, 2.45) is 0 Å². The Morgan fingerprint density at radius 3 is 1.67 bits per heavy atom. The van der Waals surface area contributed by atoms with Gasteiger partial charge in [-0.05, 0) is 29.3 Å². The summed E-state index contributed by atoms with van der Waals surface area (Å²) in [5.74, 6) is 1.92. The van der Waals surface area contributed by atoms with E-state index in [-0.39, 0.29) is 5.04 Å². The lowest BCUT2D eigenvalue weighted by atomic mass is 10.2. The molecule has 3 rings (SSSR count). The van der Waals surface area contributed by atoms with E-state index in [1.165, 1.54) is 11.4 Å². The normalized spacial score (nSPS) is 14.2. The molecule has 0 spiro atoms. The summed E-state index contributed by atoms with van der Waals surface area (Å²) in [4.78, 5) is 0. The van der Waals surface area contributed by atoms with Gasteiger partial charge in [0.15, 0.2) is 8.24 Å². The number of hydrogen-bond donors (Lipinski definition) is 0. The van der Waals surface area contributed by atoms with Crippen LogP contribution in [0.3, 0.4) is 0 Å². The zero-order valence-electron chi connectivity index (χ0n) is 13.5. The van der Waals surface area contributed by atoms with Crippen molar-refractivity contribution in [3.63, 3.8) is 0 Å². The van der Waals surface area contributed by atoms with Crippen molar-refractivity contribution < 1.29 is 4.74 Å². The molecule has 0 saturated heterocycles. The van der Waals surface area contributed by atoms with Crippen LogP contribution in [-0.2, 0) is 0 Å². The van der Waals surface area contributed by atoms with Crippen molar-refractivity contribution >= 4 is 19.6 Å². The minimum Gasteiger partial charge on any atom is -0.453 e. The molecule has 0 atom stereocenters. The summed E-state index contributed by atoms with van der Waals surface area (Å²) < 4.78 is 8.65. The van der Waals surface area contributed by atoms with Crippen LogP contribution in [0.25, 0.3) is 0 Å². The van der Waals surface area contributed by atoms with E-state index in [0.717, 1.165) is 11.5 Å². The lowest BCUT2D eigenvalue weighted by molar-refractivity contribution is 0.477. The Morgan fingerprint density at radius 1 is 0.810 bits per heavy atom. The van der Waals surface area contributed by atoms with E-state index < -0.39 is 8.24 Å². The Kier molecular flexibility index (Phi) is 3.13. The highest BCUT2D eigenvalue weighted by molar-refractivity contribution is 6.85. The Morgan fingerprint density at radius 2 is 1.24 bits per heavy atom. The van der Waals surface area contributed by atoms with Gasteiger partial charge in [0.2, 0.25) is 0 Å². The van der Waals surface area contributed by atoms with Crippen molar-refractivity contribution in [3.8, 4) is 11.5 Å². The number of para-hydroxylation sites is 4. The van der Waals surface area contributed by atoms with Crippen molar-refractivity contribution in [2.45, 2.75) is 38.9 Å². The average molecular weight is 297 g/mol. The second kappa shape index (κ2) is 4.63. The fourth-order valence-electron chi connectivity index (χ4n) is 2.64. The first-order chi connectivity index (χ1) is 9.82. The van der Waals surface area contributed by atoms with Gasteiger partial charge in [0, 0.05) is 0 Å². The number of rotatable bonds is 1. The summed E-state index contributed by atoms with van der Waals surface area (Å²) >= 11 is 0. The van der Waals surface area contributed by atoms with Crippen molar-refractivity contribution in [1.29, 1.82) is 0 Å². The van der Waals surface area contributed by atoms with Crippen LogP contribution in [0.5, 0.6) is 11.5 Å². The number of anilines is 2. The minimum atomic E-state index is -1.75. The van der Waals surface area contributed by atoms with E-state index in [1.54, 1.807) is 0 Å². The Balaban J connectivity index is 2.25. The third-order valence-electron chi connectivity index (χ3n) is 4.83. The van der Waals surface area contributed by atoms with Crippen LogP contribution in [0.15, 0.2) is 48.5 Å². The summed E-state index contributed by atoms with van der Waals surface area (Å²) in [5.41, 5.74) is 2.39. The third kappa shape index (κ3) is 2.16. The van der Waals surface area contributed by atoms with Gasteiger partial charge in [-0.25, -0.2) is 0 Å². The van der Waals surface area contributed by atoms with E-state index in [1.807, 2.05) is 12.1 Å². The van der Waals surface area contributed by atoms with Gasteiger partial charge in [-0.2, -0.15) is 0 Å². The first kappa shape index (κ1) is 14.2. The van der Waals surface area contributed by atoms with Crippen molar-refractivity contribution in [3.05, 3.63) is 48.5 Å². The lowest BCUT2D eigenvalue weighted by Crippen LogP contribution is -2.53. The molecule has 0 radical (unpaired) electrons. The molecule has 21 heavy (non-hydrogen) atoms. The number of hydrogen-bond acceptors (Lipinski definition) is 2. The van der Waals surface area contributed by atoms with Gasteiger partial charge in [-0.1, -0.05) is 58.1 Å². The topological polar surface area (TPSA) is 12.5 Å². The highest BCUT2D eigenvalue weighted by Gasteiger charge is 2.45. The van der Waals surface area contributed by atoms with E-state index in [2.05, 4.69) is 74.8 Å². The molecule has 110 valence electrons. The minimum absolute atomic E-state index is 0.255. The molecule has 0 fully saturated rings. The highest BCUT2D eigenvalue weighted by Crippen LogP contribution is 2.53. The molecule has 0 saturated carbocycles. The molecule has 2 aromatic rings. The summed E-state index contributed by atoms with van der Waals surface area (Å²) in [6.45, 7) is 11.9. The number of fused-ring (bicyclic) bond motifs is 2. The molecule has 0 aliphatic carbocycles. The second-order valence-corrected chi connectivity index (χ2v) is 12.2. The molecular formula is C18H23NOSi. The van der Waals surface area contributed by atoms with Crippen LogP contribution in [0.2, 0.25) is 18.1 Å². The maximum atomic E-state index is 6.10. The zero-order valence-corrected chi connectivity index (χ0v) is 14.5. The van der Waals surface area contributed by atoms with Crippen LogP contribution in [0.4, 0.5) is 11.4 Å². The van der Waals surface area contributed by atoms with Gasteiger partial charge in [0.25, 0.3) is 0 Å². The van der Waals surface area contributed by atoms with Gasteiger partial charge < -0.3 is 9.30 Å². The van der Waals surface area contributed by atoms with E-state index in [0.29, 0.717) is 0 Å². The second-order valence-electron chi connectivity index (χ2n) is 7.18. The monoisotopic (exact) mass is 297 g/mol. The van der Waals surface area contributed by atoms with Crippen LogP contribution in [0, 0.1) is 0 Å².